The number of nitrogens with zero attached hydrogens (tertiary/aromatic N) is 1. The lowest BCUT2D eigenvalue weighted by atomic mass is 9.92. The number of halogens is 1. The summed E-state index contributed by atoms with van der Waals surface area (Å²) in [7, 11) is 0. The minimum absolute atomic E-state index is 0.00441. The Hall–Kier alpha value is -2.09. The third-order valence-electron chi connectivity index (χ3n) is 2.50. The molecule has 0 heterocycles. The zero-order valence-corrected chi connectivity index (χ0v) is 10.4. The summed E-state index contributed by atoms with van der Waals surface area (Å²) in [5.74, 6) is -1.23. The number of ether oxygens (including phenoxy) is 1. The molecule has 0 saturated carbocycles. The van der Waals surface area contributed by atoms with Gasteiger partial charge in [-0.1, -0.05) is 0 Å². The number of carbonyl (C=O) groups excluding carboxylic acids is 1. The molecule has 0 fully saturated rings. The summed E-state index contributed by atoms with van der Waals surface area (Å²) in [6.07, 6.45) is 0.407. The van der Waals surface area contributed by atoms with Crippen molar-refractivity contribution < 1.29 is 13.9 Å². The maximum atomic E-state index is 13.0. The topological polar surface area (TPSA) is 76.1 Å². The summed E-state index contributed by atoms with van der Waals surface area (Å²) < 4.78 is 17.9. The van der Waals surface area contributed by atoms with E-state index in [1.54, 1.807) is 13.8 Å². The minimum Gasteiger partial charge on any atom is -0.462 e. The third kappa shape index (κ3) is 3.74. The first-order valence-corrected chi connectivity index (χ1v) is 5.49. The van der Waals surface area contributed by atoms with E-state index < -0.39 is 17.2 Å². The smallest absolute Gasteiger partial charge is 0.340 e. The number of nitriles is 1. The number of carbonyl (C=O) groups is 1. The summed E-state index contributed by atoms with van der Waals surface area (Å²) in [5.41, 5.74) is 5.16. The molecule has 0 spiro atoms. The number of hydrogen-bond acceptors (Lipinski definition) is 4. The van der Waals surface area contributed by atoms with Crippen LogP contribution in [-0.2, 0) is 4.74 Å². The number of nitrogen functional groups attached to an aromatic ring is 1. The van der Waals surface area contributed by atoms with Crippen LogP contribution in [-0.4, -0.2) is 12.6 Å². The summed E-state index contributed by atoms with van der Waals surface area (Å²) >= 11 is 0. The van der Waals surface area contributed by atoms with Gasteiger partial charge >= 0.3 is 5.97 Å². The molecule has 5 heteroatoms. The molecule has 0 bridgehead atoms. The molecule has 0 amide bonds. The van der Waals surface area contributed by atoms with Crippen LogP contribution in [0.3, 0.4) is 0 Å². The van der Waals surface area contributed by atoms with Gasteiger partial charge in [0.05, 0.1) is 23.7 Å². The summed E-state index contributed by atoms with van der Waals surface area (Å²) in [5, 5.41) is 8.80. The molecule has 4 nitrogen and oxygen atoms in total. The largest absolute Gasteiger partial charge is 0.462 e. The number of hydrogen-bond donors (Lipinski definition) is 1. The highest BCUT2D eigenvalue weighted by Gasteiger charge is 2.18. The van der Waals surface area contributed by atoms with Gasteiger partial charge in [0.25, 0.3) is 0 Å². The minimum atomic E-state index is -0.680. The van der Waals surface area contributed by atoms with Crippen LogP contribution < -0.4 is 5.73 Å². The average molecular weight is 250 g/mol. The lowest BCUT2D eigenvalue weighted by Crippen LogP contribution is -2.15. The van der Waals surface area contributed by atoms with Gasteiger partial charge in [-0.3, -0.25) is 0 Å². The van der Waals surface area contributed by atoms with Crippen molar-refractivity contribution in [2.45, 2.75) is 20.3 Å². The van der Waals surface area contributed by atoms with Gasteiger partial charge < -0.3 is 10.5 Å². The fourth-order valence-electron chi connectivity index (χ4n) is 1.24. The molecule has 1 aromatic carbocycles. The SMILES string of the molecule is CC(C)(C#N)CCOC(=O)c1cc(F)ccc1N. The number of benzene rings is 1. The first-order valence-electron chi connectivity index (χ1n) is 5.49. The van der Waals surface area contributed by atoms with Crippen molar-refractivity contribution in [1.82, 2.24) is 0 Å². The van der Waals surface area contributed by atoms with E-state index in [9.17, 15) is 9.18 Å². The first kappa shape index (κ1) is 14.0. The van der Waals surface area contributed by atoms with Crippen LogP contribution in [0.4, 0.5) is 10.1 Å². The molecule has 96 valence electrons. The molecule has 0 unspecified atom stereocenters. The van der Waals surface area contributed by atoms with Crippen LogP contribution in [0, 0.1) is 22.6 Å². The first-order chi connectivity index (χ1) is 8.35. The number of anilines is 1. The highest BCUT2D eigenvalue weighted by atomic mass is 19.1. The number of esters is 1. The fourth-order valence-corrected chi connectivity index (χ4v) is 1.24. The zero-order chi connectivity index (χ0) is 13.8. The quantitative estimate of drug-likeness (QED) is 0.658. The van der Waals surface area contributed by atoms with E-state index in [1.165, 1.54) is 12.1 Å². The Morgan fingerprint density at radius 3 is 2.83 bits per heavy atom. The van der Waals surface area contributed by atoms with E-state index in [1.807, 2.05) is 0 Å². The van der Waals surface area contributed by atoms with Crippen LogP contribution in [0.25, 0.3) is 0 Å². The molecule has 0 aliphatic heterocycles. The fraction of sp³-hybridized carbons (Fsp3) is 0.385. The van der Waals surface area contributed by atoms with E-state index in [0.29, 0.717) is 6.42 Å². The van der Waals surface area contributed by atoms with Crippen molar-refractivity contribution in [3.63, 3.8) is 0 Å². The molecule has 0 aromatic heterocycles. The number of rotatable bonds is 4. The predicted octanol–water partition coefficient (Wildman–Crippen LogP) is 2.50. The molecule has 0 aliphatic carbocycles. The Balaban J connectivity index is 2.62. The average Bonchev–Trinajstić information content (AvgIpc) is 2.32. The molecule has 1 aromatic rings. The summed E-state index contributed by atoms with van der Waals surface area (Å²) in [6.45, 7) is 3.59. The monoisotopic (exact) mass is 250 g/mol. The van der Waals surface area contributed by atoms with Gasteiger partial charge in [-0.05, 0) is 38.5 Å². The van der Waals surface area contributed by atoms with Gasteiger partial charge in [0.1, 0.15) is 5.82 Å². The third-order valence-corrected chi connectivity index (χ3v) is 2.50. The second-order valence-corrected chi connectivity index (χ2v) is 4.61. The Morgan fingerprint density at radius 1 is 1.56 bits per heavy atom. The number of nitrogens with two attached hydrogens (primary N) is 1. The highest BCUT2D eigenvalue weighted by Crippen LogP contribution is 2.19. The maximum Gasteiger partial charge on any atom is 0.340 e. The van der Waals surface area contributed by atoms with E-state index in [-0.39, 0.29) is 17.9 Å². The second-order valence-electron chi connectivity index (χ2n) is 4.61. The Labute approximate surface area is 105 Å². The van der Waals surface area contributed by atoms with Gasteiger partial charge in [-0.15, -0.1) is 0 Å². The molecular formula is C13H15FN2O2. The van der Waals surface area contributed by atoms with E-state index >= 15 is 0 Å². The molecular weight excluding hydrogens is 235 g/mol. The molecule has 18 heavy (non-hydrogen) atoms. The normalized spacial score (nSPS) is 10.8. The molecule has 0 aliphatic rings. The molecule has 0 radical (unpaired) electrons. The van der Waals surface area contributed by atoms with Crippen molar-refractivity contribution >= 4 is 11.7 Å². The van der Waals surface area contributed by atoms with E-state index in [4.69, 9.17) is 15.7 Å². The second kappa shape index (κ2) is 5.50. The zero-order valence-electron chi connectivity index (χ0n) is 10.4. The van der Waals surface area contributed by atoms with Crippen molar-refractivity contribution in [3.05, 3.63) is 29.6 Å². The van der Waals surface area contributed by atoms with Crippen molar-refractivity contribution in [2.75, 3.05) is 12.3 Å². The lowest BCUT2D eigenvalue weighted by Gasteiger charge is -2.14. The molecule has 2 N–H and O–H groups in total. The van der Waals surface area contributed by atoms with Gasteiger partial charge in [-0.25, -0.2) is 9.18 Å². The van der Waals surface area contributed by atoms with Crippen molar-refractivity contribution in [2.24, 2.45) is 5.41 Å². The van der Waals surface area contributed by atoms with Crippen LogP contribution >= 0.6 is 0 Å². The van der Waals surface area contributed by atoms with Crippen LogP contribution in [0.1, 0.15) is 30.6 Å². The molecule has 0 atom stereocenters. The Kier molecular flexibility index (Phi) is 4.27. The van der Waals surface area contributed by atoms with Crippen LogP contribution in [0.15, 0.2) is 18.2 Å². The molecule has 0 saturated heterocycles. The van der Waals surface area contributed by atoms with Crippen LogP contribution in [0.2, 0.25) is 0 Å². The Morgan fingerprint density at radius 2 is 2.22 bits per heavy atom. The van der Waals surface area contributed by atoms with Gasteiger partial charge in [0, 0.05) is 5.69 Å². The summed E-state index contributed by atoms with van der Waals surface area (Å²) in [4.78, 5) is 11.6. The van der Waals surface area contributed by atoms with Gasteiger partial charge in [-0.2, -0.15) is 5.26 Å². The Bertz CT molecular complexity index is 492. The van der Waals surface area contributed by atoms with Crippen LogP contribution in [0.5, 0.6) is 0 Å². The lowest BCUT2D eigenvalue weighted by molar-refractivity contribution is 0.0475. The standard InChI is InChI=1S/C13H15FN2O2/c1-13(2,8-15)5-6-18-12(17)10-7-9(14)3-4-11(10)16/h3-4,7H,5-6,16H2,1-2H3. The van der Waals surface area contributed by atoms with Gasteiger partial charge in [0.2, 0.25) is 0 Å². The molecule has 1 rings (SSSR count). The van der Waals surface area contributed by atoms with E-state index in [0.717, 1.165) is 6.07 Å². The van der Waals surface area contributed by atoms with Crippen molar-refractivity contribution in [1.29, 1.82) is 5.26 Å². The summed E-state index contributed by atoms with van der Waals surface area (Å²) in [6, 6.07) is 5.62. The van der Waals surface area contributed by atoms with E-state index in [2.05, 4.69) is 6.07 Å². The van der Waals surface area contributed by atoms with Gasteiger partial charge in [0.15, 0.2) is 0 Å². The predicted molar refractivity (Wildman–Crippen MR) is 65.1 cm³/mol. The maximum absolute atomic E-state index is 13.0. The highest BCUT2D eigenvalue weighted by molar-refractivity contribution is 5.95. The van der Waals surface area contributed by atoms with Crippen molar-refractivity contribution in [3.8, 4) is 6.07 Å².